The molecule has 1 aromatic carbocycles. The molecule has 0 saturated carbocycles. The van der Waals surface area contributed by atoms with Crippen LogP contribution in [0.4, 0.5) is 16.4 Å². The SMILES string of the molecule is COc1cnc(-c2ccc(N3CCN(C(=O)OC(C)(C)C)CC3)cc2)c2[nH]cc(C(=O)C(=O)N3CCN(c4nnnn4-c4ccccn4)CC3)c12. The van der Waals surface area contributed by atoms with Crippen molar-refractivity contribution in [2.24, 2.45) is 0 Å². The maximum absolute atomic E-state index is 13.8. The number of benzene rings is 1. The van der Waals surface area contributed by atoms with Crippen LogP contribution in [0.1, 0.15) is 31.1 Å². The monoisotopic (exact) mass is 693 g/mol. The number of ketones is 1. The zero-order valence-corrected chi connectivity index (χ0v) is 28.9. The van der Waals surface area contributed by atoms with Gasteiger partial charge in [0.05, 0.1) is 35.5 Å². The van der Waals surface area contributed by atoms with Crippen LogP contribution in [0.5, 0.6) is 5.75 Å². The fourth-order valence-corrected chi connectivity index (χ4v) is 6.35. The normalized spacial score (nSPS) is 15.3. The Bertz CT molecular complexity index is 2040. The number of amides is 2. The Kier molecular flexibility index (Phi) is 8.97. The van der Waals surface area contributed by atoms with E-state index in [4.69, 9.17) is 9.47 Å². The number of nitrogens with one attached hydrogen (secondary N) is 1. The van der Waals surface area contributed by atoms with Gasteiger partial charge in [0, 0.05) is 76.0 Å². The summed E-state index contributed by atoms with van der Waals surface area (Å²) in [4.78, 5) is 59.5. The first-order valence-electron chi connectivity index (χ1n) is 16.8. The number of anilines is 2. The van der Waals surface area contributed by atoms with Crippen molar-refractivity contribution in [3.63, 3.8) is 0 Å². The third-order valence-electron chi connectivity index (χ3n) is 8.94. The summed E-state index contributed by atoms with van der Waals surface area (Å²) in [6.45, 7) is 9.59. The summed E-state index contributed by atoms with van der Waals surface area (Å²) in [5, 5.41) is 12.6. The van der Waals surface area contributed by atoms with Gasteiger partial charge in [0.2, 0.25) is 0 Å². The maximum atomic E-state index is 13.8. The van der Waals surface area contributed by atoms with Crippen molar-refractivity contribution >= 4 is 40.3 Å². The second kappa shape index (κ2) is 13.7. The second-order valence-corrected chi connectivity index (χ2v) is 13.3. The molecule has 16 heteroatoms. The van der Waals surface area contributed by atoms with E-state index >= 15 is 0 Å². The van der Waals surface area contributed by atoms with Gasteiger partial charge in [0.1, 0.15) is 11.4 Å². The van der Waals surface area contributed by atoms with Crippen molar-refractivity contribution in [2.45, 2.75) is 26.4 Å². The van der Waals surface area contributed by atoms with Crippen LogP contribution in [-0.4, -0.2) is 128 Å². The fourth-order valence-electron chi connectivity index (χ4n) is 6.35. The number of aromatic amines is 1. The third-order valence-corrected chi connectivity index (χ3v) is 8.94. The first-order valence-corrected chi connectivity index (χ1v) is 16.8. The molecule has 0 spiro atoms. The summed E-state index contributed by atoms with van der Waals surface area (Å²) >= 11 is 0. The molecule has 2 aliphatic rings. The summed E-state index contributed by atoms with van der Waals surface area (Å²) in [7, 11) is 1.51. The highest BCUT2D eigenvalue weighted by molar-refractivity contribution is 6.45. The highest BCUT2D eigenvalue weighted by Gasteiger charge is 2.32. The molecule has 16 nitrogen and oxygen atoms in total. The largest absolute Gasteiger partial charge is 0.494 e. The van der Waals surface area contributed by atoms with Crippen molar-refractivity contribution in [2.75, 3.05) is 69.3 Å². The molecule has 264 valence electrons. The van der Waals surface area contributed by atoms with E-state index in [2.05, 4.69) is 35.4 Å². The summed E-state index contributed by atoms with van der Waals surface area (Å²) in [5.41, 5.74) is 2.75. The molecule has 51 heavy (non-hydrogen) atoms. The predicted octanol–water partition coefficient (Wildman–Crippen LogP) is 3.20. The number of methoxy groups -OCH3 is 1. The van der Waals surface area contributed by atoms with Crippen LogP contribution >= 0.6 is 0 Å². The molecular weight excluding hydrogens is 654 g/mol. The lowest BCUT2D eigenvalue weighted by Crippen LogP contribution is -2.51. The van der Waals surface area contributed by atoms with E-state index in [9.17, 15) is 14.4 Å². The average molecular weight is 694 g/mol. The third kappa shape index (κ3) is 6.76. The van der Waals surface area contributed by atoms with Gasteiger partial charge in [-0.2, -0.15) is 4.68 Å². The van der Waals surface area contributed by atoms with E-state index in [1.165, 1.54) is 7.11 Å². The fraction of sp³-hybridized carbons (Fsp3) is 0.371. The van der Waals surface area contributed by atoms with Gasteiger partial charge in [-0.3, -0.25) is 14.6 Å². The number of aromatic nitrogens is 7. The van der Waals surface area contributed by atoms with Crippen LogP contribution in [-0.2, 0) is 9.53 Å². The van der Waals surface area contributed by atoms with Gasteiger partial charge >= 0.3 is 6.09 Å². The Balaban J connectivity index is 1.04. The zero-order chi connectivity index (χ0) is 35.7. The number of Topliss-reactive ketones (excluding diaryl/α,β-unsaturated/α-hetero) is 1. The van der Waals surface area contributed by atoms with Gasteiger partial charge < -0.3 is 34.1 Å². The number of ether oxygens (including phenoxy) is 2. The van der Waals surface area contributed by atoms with Crippen LogP contribution in [0, 0.1) is 0 Å². The Hall–Kier alpha value is -6.06. The number of rotatable bonds is 7. The summed E-state index contributed by atoms with van der Waals surface area (Å²) < 4.78 is 12.7. The standard InChI is InChI=1S/C35H39N11O5/c1-35(2,3)51-34(49)45-19-13-42(14-20-45)24-10-8-23(9-11-24)29-30-28(26(50-4)22-38-29)25(21-37-30)31(47)32(48)43-15-17-44(18-16-43)33-39-40-41-46(33)27-7-5-6-12-36-27/h5-12,21-22,37H,13-20H2,1-4H3. The number of tetrazole rings is 1. The molecule has 4 aromatic heterocycles. The lowest BCUT2D eigenvalue weighted by atomic mass is 10.0. The minimum atomic E-state index is -0.635. The molecule has 0 bridgehead atoms. The van der Waals surface area contributed by atoms with Gasteiger partial charge in [-0.25, -0.2) is 9.78 Å². The van der Waals surface area contributed by atoms with Crippen LogP contribution in [0.25, 0.3) is 28.0 Å². The number of nitrogens with zero attached hydrogens (tertiary/aromatic N) is 10. The van der Waals surface area contributed by atoms with Gasteiger partial charge in [-0.15, -0.1) is 0 Å². The number of hydrogen-bond donors (Lipinski definition) is 1. The van der Waals surface area contributed by atoms with E-state index in [0.29, 0.717) is 86.5 Å². The number of hydrogen-bond acceptors (Lipinski definition) is 12. The molecule has 2 fully saturated rings. The molecule has 0 radical (unpaired) electrons. The smallest absolute Gasteiger partial charge is 0.410 e. The molecule has 0 atom stereocenters. The summed E-state index contributed by atoms with van der Waals surface area (Å²) in [6, 6.07) is 13.5. The molecular formula is C35H39N11O5. The second-order valence-electron chi connectivity index (χ2n) is 13.3. The number of carbonyl (C=O) groups excluding carboxylic acids is 3. The quantitative estimate of drug-likeness (QED) is 0.196. The van der Waals surface area contributed by atoms with E-state index in [0.717, 1.165) is 11.3 Å². The van der Waals surface area contributed by atoms with Crippen molar-refractivity contribution in [1.29, 1.82) is 0 Å². The van der Waals surface area contributed by atoms with Crippen molar-refractivity contribution in [3.8, 4) is 22.8 Å². The summed E-state index contributed by atoms with van der Waals surface area (Å²) in [6.07, 6.45) is 4.49. The molecule has 2 aliphatic heterocycles. The van der Waals surface area contributed by atoms with Crippen LogP contribution in [0.15, 0.2) is 61.1 Å². The number of piperazine rings is 2. The molecule has 1 N–H and O–H groups in total. The van der Waals surface area contributed by atoms with Gasteiger partial charge in [0.25, 0.3) is 17.6 Å². The van der Waals surface area contributed by atoms with E-state index in [1.807, 2.05) is 68.1 Å². The molecule has 2 saturated heterocycles. The zero-order valence-electron chi connectivity index (χ0n) is 28.9. The predicted molar refractivity (Wildman–Crippen MR) is 188 cm³/mol. The molecule has 2 amide bonds. The number of fused-ring (bicyclic) bond motifs is 1. The molecule has 0 unspecified atom stereocenters. The minimum absolute atomic E-state index is 0.219. The highest BCUT2D eigenvalue weighted by Crippen LogP contribution is 2.35. The van der Waals surface area contributed by atoms with Crippen LogP contribution in [0.2, 0.25) is 0 Å². The molecule has 0 aliphatic carbocycles. The Morgan fingerprint density at radius 2 is 1.55 bits per heavy atom. The van der Waals surface area contributed by atoms with Gasteiger partial charge in [0.15, 0.2) is 5.82 Å². The highest BCUT2D eigenvalue weighted by atomic mass is 16.6. The number of H-pyrrole nitrogens is 1. The minimum Gasteiger partial charge on any atom is -0.494 e. The van der Waals surface area contributed by atoms with Crippen LogP contribution < -0.4 is 14.5 Å². The topological polar surface area (TPSA) is 168 Å². The number of carbonyl (C=O) groups is 3. The Labute approximate surface area is 293 Å². The van der Waals surface area contributed by atoms with Gasteiger partial charge in [-0.05, 0) is 55.5 Å². The first-order chi connectivity index (χ1) is 24.6. The lowest BCUT2D eigenvalue weighted by Gasteiger charge is -2.36. The Morgan fingerprint density at radius 1 is 0.843 bits per heavy atom. The molecule has 7 rings (SSSR count). The first kappa shape index (κ1) is 33.4. The number of pyridine rings is 2. The van der Waals surface area contributed by atoms with Crippen molar-refractivity contribution in [3.05, 3.63) is 66.6 Å². The maximum Gasteiger partial charge on any atom is 0.410 e. The van der Waals surface area contributed by atoms with Crippen molar-refractivity contribution < 1.29 is 23.9 Å². The lowest BCUT2D eigenvalue weighted by molar-refractivity contribution is -0.126. The van der Waals surface area contributed by atoms with E-state index in [1.54, 1.807) is 33.1 Å². The summed E-state index contributed by atoms with van der Waals surface area (Å²) in [5.74, 6) is 0.249. The van der Waals surface area contributed by atoms with Crippen LogP contribution in [0.3, 0.4) is 0 Å². The Morgan fingerprint density at radius 3 is 2.22 bits per heavy atom. The average Bonchev–Trinajstić information content (AvgIpc) is 3.83. The van der Waals surface area contributed by atoms with E-state index < -0.39 is 17.3 Å². The van der Waals surface area contributed by atoms with Gasteiger partial charge in [-0.1, -0.05) is 23.3 Å². The molecule has 6 heterocycles. The van der Waals surface area contributed by atoms with E-state index in [-0.39, 0.29) is 11.7 Å². The van der Waals surface area contributed by atoms with Crippen molar-refractivity contribution in [1.82, 2.24) is 45.0 Å². The molecule has 5 aromatic rings.